The van der Waals surface area contributed by atoms with Gasteiger partial charge in [0.05, 0.1) is 0 Å². The van der Waals surface area contributed by atoms with E-state index in [4.69, 9.17) is 0 Å². The molecule has 0 saturated carbocycles. The van der Waals surface area contributed by atoms with Gasteiger partial charge in [-0.25, -0.2) is 0 Å². The molecule has 2 nitrogen and oxygen atoms in total. The van der Waals surface area contributed by atoms with E-state index >= 15 is 0 Å². The van der Waals surface area contributed by atoms with Crippen molar-refractivity contribution in [3.8, 4) is 0 Å². The van der Waals surface area contributed by atoms with E-state index in [9.17, 15) is 0 Å². The minimum Gasteiger partial charge on any atom is -0.314 e. The Morgan fingerprint density at radius 2 is 1.88 bits per heavy atom. The van der Waals surface area contributed by atoms with E-state index < -0.39 is 0 Å². The highest BCUT2D eigenvalue weighted by Crippen LogP contribution is 2.12. The van der Waals surface area contributed by atoms with Crippen LogP contribution in [0.2, 0.25) is 0 Å². The third-order valence-corrected chi connectivity index (χ3v) is 3.59. The van der Waals surface area contributed by atoms with Crippen molar-refractivity contribution < 1.29 is 0 Å². The Labute approximate surface area is 102 Å². The molecule has 1 saturated heterocycles. The molecule has 2 heteroatoms. The smallest absolute Gasteiger partial charge is 0.00912 e. The number of nitrogens with zero attached hydrogens (tertiary/aromatic N) is 1. The highest BCUT2D eigenvalue weighted by Gasteiger charge is 2.17. The molecule has 0 aromatic heterocycles. The average Bonchev–Trinajstić information content (AvgIpc) is 2.27. The van der Waals surface area contributed by atoms with Crippen LogP contribution < -0.4 is 5.32 Å². The van der Waals surface area contributed by atoms with E-state index in [-0.39, 0.29) is 0 Å². The van der Waals surface area contributed by atoms with Crippen molar-refractivity contribution in [2.45, 2.75) is 58.9 Å². The van der Waals surface area contributed by atoms with Gasteiger partial charge in [-0.05, 0) is 51.4 Å². The topological polar surface area (TPSA) is 15.3 Å². The fraction of sp³-hybridized carbons (Fsp3) is 1.00. The molecular weight excluding hydrogens is 196 g/mol. The Morgan fingerprint density at radius 3 is 2.44 bits per heavy atom. The van der Waals surface area contributed by atoms with Crippen LogP contribution in [0.25, 0.3) is 0 Å². The summed E-state index contributed by atoms with van der Waals surface area (Å²) in [5.41, 5.74) is 0. The zero-order chi connectivity index (χ0) is 11.8. The molecule has 1 aliphatic rings. The third kappa shape index (κ3) is 5.86. The summed E-state index contributed by atoms with van der Waals surface area (Å²) in [6.07, 6.45) is 6.89. The van der Waals surface area contributed by atoms with E-state index in [1.165, 1.54) is 51.7 Å². The molecule has 1 heterocycles. The van der Waals surface area contributed by atoms with Crippen LogP contribution in [-0.2, 0) is 0 Å². The van der Waals surface area contributed by atoms with Gasteiger partial charge in [-0.1, -0.05) is 33.6 Å². The molecular formula is C14H30N2. The SMILES string of the molecule is CCNC1CCN(CCCCC(C)C)CC1. The maximum atomic E-state index is 3.56. The van der Waals surface area contributed by atoms with Crippen LogP contribution in [0.1, 0.15) is 52.9 Å². The van der Waals surface area contributed by atoms with Crippen LogP contribution in [0, 0.1) is 5.92 Å². The number of nitrogens with one attached hydrogen (secondary N) is 1. The fourth-order valence-corrected chi connectivity index (χ4v) is 2.54. The lowest BCUT2D eigenvalue weighted by Gasteiger charge is -2.32. The first-order valence-electron chi connectivity index (χ1n) is 7.18. The molecule has 1 fully saturated rings. The molecule has 0 aromatic rings. The van der Waals surface area contributed by atoms with Gasteiger partial charge < -0.3 is 10.2 Å². The molecule has 0 spiro atoms. The number of likely N-dealkylation sites (tertiary alicyclic amines) is 1. The summed E-state index contributed by atoms with van der Waals surface area (Å²) in [4.78, 5) is 2.65. The Bertz CT molecular complexity index is 160. The Morgan fingerprint density at radius 1 is 1.19 bits per heavy atom. The highest BCUT2D eigenvalue weighted by atomic mass is 15.1. The zero-order valence-corrected chi connectivity index (χ0v) is 11.5. The van der Waals surface area contributed by atoms with E-state index in [1.807, 2.05) is 0 Å². The molecule has 0 amide bonds. The van der Waals surface area contributed by atoms with Gasteiger partial charge in [0.1, 0.15) is 0 Å². The van der Waals surface area contributed by atoms with Crippen molar-refractivity contribution in [3.05, 3.63) is 0 Å². The Hall–Kier alpha value is -0.0800. The van der Waals surface area contributed by atoms with Crippen LogP contribution in [0.3, 0.4) is 0 Å². The summed E-state index contributed by atoms with van der Waals surface area (Å²) < 4.78 is 0. The van der Waals surface area contributed by atoms with Crippen LogP contribution in [0.4, 0.5) is 0 Å². The normalized spacial score (nSPS) is 19.5. The lowest BCUT2D eigenvalue weighted by molar-refractivity contribution is 0.195. The molecule has 0 atom stereocenters. The molecule has 1 aliphatic heterocycles. The van der Waals surface area contributed by atoms with Crippen molar-refractivity contribution in [2.75, 3.05) is 26.2 Å². The number of piperidine rings is 1. The Balaban J connectivity index is 1.99. The maximum Gasteiger partial charge on any atom is 0.00912 e. The van der Waals surface area contributed by atoms with Crippen LogP contribution >= 0.6 is 0 Å². The number of unbranched alkanes of at least 4 members (excludes halogenated alkanes) is 1. The largest absolute Gasteiger partial charge is 0.314 e. The predicted octanol–water partition coefficient (Wildman–Crippen LogP) is 2.89. The minimum atomic E-state index is 0.789. The first-order valence-corrected chi connectivity index (χ1v) is 7.18. The van der Waals surface area contributed by atoms with Gasteiger partial charge in [0.15, 0.2) is 0 Å². The van der Waals surface area contributed by atoms with Crippen LogP contribution in [-0.4, -0.2) is 37.1 Å². The van der Waals surface area contributed by atoms with Crippen LogP contribution in [0.15, 0.2) is 0 Å². The predicted molar refractivity (Wildman–Crippen MR) is 71.8 cm³/mol. The standard InChI is InChI=1S/C14H30N2/c1-4-15-14-8-11-16(12-9-14)10-6-5-7-13(2)3/h13-15H,4-12H2,1-3H3. The molecule has 1 N–H and O–H groups in total. The average molecular weight is 226 g/mol. The molecule has 96 valence electrons. The second-order valence-electron chi connectivity index (χ2n) is 5.56. The van der Waals surface area contributed by atoms with E-state index in [0.717, 1.165) is 18.5 Å². The number of rotatable bonds is 7. The van der Waals surface area contributed by atoms with Gasteiger partial charge in [-0.2, -0.15) is 0 Å². The highest BCUT2D eigenvalue weighted by molar-refractivity contribution is 4.76. The van der Waals surface area contributed by atoms with Crippen molar-refractivity contribution in [2.24, 2.45) is 5.92 Å². The number of hydrogen-bond acceptors (Lipinski definition) is 2. The molecule has 0 unspecified atom stereocenters. The van der Waals surface area contributed by atoms with Crippen molar-refractivity contribution in [1.29, 1.82) is 0 Å². The van der Waals surface area contributed by atoms with Gasteiger partial charge in [-0.15, -0.1) is 0 Å². The number of hydrogen-bond donors (Lipinski definition) is 1. The summed E-state index contributed by atoms with van der Waals surface area (Å²) >= 11 is 0. The molecule has 0 bridgehead atoms. The first kappa shape index (κ1) is 14.0. The van der Waals surface area contributed by atoms with Crippen LogP contribution in [0.5, 0.6) is 0 Å². The maximum absolute atomic E-state index is 3.56. The van der Waals surface area contributed by atoms with Crippen molar-refractivity contribution in [3.63, 3.8) is 0 Å². The summed E-state index contributed by atoms with van der Waals surface area (Å²) in [6, 6.07) is 0.789. The summed E-state index contributed by atoms with van der Waals surface area (Å²) in [5, 5.41) is 3.56. The summed E-state index contributed by atoms with van der Waals surface area (Å²) in [7, 11) is 0. The van der Waals surface area contributed by atoms with E-state index in [2.05, 4.69) is 31.0 Å². The van der Waals surface area contributed by atoms with Gasteiger partial charge in [0.25, 0.3) is 0 Å². The Kier molecular flexibility index (Phi) is 7.06. The van der Waals surface area contributed by atoms with Gasteiger partial charge in [0.2, 0.25) is 0 Å². The second kappa shape index (κ2) is 8.08. The molecule has 0 aliphatic carbocycles. The quantitative estimate of drug-likeness (QED) is 0.672. The third-order valence-electron chi connectivity index (χ3n) is 3.59. The monoisotopic (exact) mass is 226 g/mol. The minimum absolute atomic E-state index is 0.789. The van der Waals surface area contributed by atoms with E-state index in [1.54, 1.807) is 0 Å². The molecule has 1 rings (SSSR count). The van der Waals surface area contributed by atoms with Crippen molar-refractivity contribution in [1.82, 2.24) is 10.2 Å². The molecule has 16 heavy (non-hydrogen) atoms. The molecule has 0 radical (unpaired) electrons. The zero-order valence-electron chi connectivity index (χ0n) is 11.5. The summed E-state index contributed by atoms with van der Waals surface area (Å²) in [5.74, 6) is 0.875. The second-order valence-corrected chi connectivity index (χ2v) is 5.56. The molecule has 0 aromatic carbocycles. The lowest BCUT2D eigenvalue weighted by Crippen LogP contribution is -2.42. The lowest BCUT2D eigenvalue weighted by atomic mass is 10.0. The summed E-state index contributed by atoms with van der Waals surface area (Å²) in [6.45, 7) is 11.9. The van der Waals surface area contributed by atoms with Gasteiger partial charge in [-0.3, -0.25) is 0 Å². The fourth-order valence-electron chi connectivity index (χ4n) is 2.54. The van der Waals surface area contributed by atoms with E-state index in [0.29, 0.717) is 0 Å². The first-order chi connectivity index (χ1) is 7.72. The van der Waals surface area contributed by atoms with Gasteiger partial charge >= 0.3 is 0 Å². The van der Waals surface area contributed by atoms with Gasteiger partial charge in [0, 0.05) is 6.04 Å². The van der Waals surface area contributed by atoms with Crippen molar-refractivity contribution >= 4 is 0 Å².